The molecule has 0 saturated carbocycles. The molecule has 0 N–H and O–H groups in total. The van der Waals surface area contributed by atoms with Gasteiger partial charge in [0.2, 0.25) is 0 Å². The molecule has 2 aromatic carbocycles. The first-order valence-corrected chi connectivity index (χ1v) is 5.85. The van der Waals surface area contributed by atoms with Crippen molar-refractivity contribution in [2.75, 3.05) is 0 Å². The van der Waals surface area contributed by atoms with Gasteiger partial charge in [0.15, 0.2) is 0 Å². The Kier molecular flexibility index (Phi) is 3.81. The zero-order chi connectivity index (χ0) is 12.1. The summed E-state index contributed by atoms with van der Waals surface area (Å²) in [7, 11) is 0. The second kappa shape index (κ2) is 5.53. The predicted octanol–water partition coefficient (Wildman–Crippen LogP) is 4.64. The van der Waals surface area contributed by atoms with E-state index >= 15 is 0 Å². The van der Waals surface area contributed by atoms with Crippen LogP contribution in [0.25, 0.3) is 0 Å². The van der Waals surface area contributed by atoms with Crippen LogP contribution in [0.3, 0.4) is 0 Å². The fourth-order valence-corrected chi connectivity index (χ4v) is 1.75. The molecular formula is C16H17O. The van der Waals surface area contributed by atoms with E-state index < -0.39 is 0 Å². The summed E-state index contributed by atoms with van der Waals surface area (Å²) in [5.41, 5.74) is 1.23. The number of hydrogen-bond donors (Lipinski definition) is 0. The van der Waals surface area contributed by atoms with Crippen LogP contribution in [-0.2, 0) is 6.42 Å². The maximum atomic E-state index is 5.90. The number of ether oxygens (including phenoxy) is 1. The van der Waals surface area contributed by atoms with Crippen LogP contribution in [0.1, 0.15) is 19.4 Å². The minimum Gasteiger partial charge on any atom is -0.457 e. The Bertz CT molecular complexity index is 460. The number of hydrogen-bond acceptors (Lipinski definition) is 1. The molecule has 0 spiro atoms. The van der Waals surface area contributed by atoms with Gasteiger partial charge in [-0.25, -0.2) is 0 Å². The molecule has 0 fully saturated rings. The van der Waals surface area contributed by atoms with Crippen molar-refractivity contribution in [3.8, 4) is 11.5 Å². The van der Waals surface area contributed by atoms with Gasteiger partial charge in [-0.15, -0.1) is 0 Å². The summed E-state index contributed by atoms with van der Waals surface area (Å²) in [6.07, 6.45) is 0.961. The molecule has 2 aromatic rings. The largest absolute Gasteiger partial charge is 0.457 e. The van der Waals surface area contributed by atoms with Crippen molar-refractivity contribution in [3.05, 3.63) is 66.1 Å². The van der Waals surface area contributed by atoms with Crippen molar-refractivity contribution in [2.24, 2.45) is 0 Å². The quantitative estimate of drug-likeness (QED) is 0.736. The lowest BCUT2D eigenvalue weighted by molar-refractivity contribution is 0.476. The molecule has 1 heteroatoms. The summed E-state index contributed by atoms with van der Waals surface area (Å²) in [6.45, 7) is 4.28. The van der Waals surface area contributed by atoms with Crippen LogP contribution in [-0.4, -0.2) is 0 Å². The Morgan fingerprint density at radius 2 is 1.53 bits per heavy atom. The average molecular weight is 225 g/mol. The van der Waals surface area contributed by atoms with Gasteiger partial charge in [-0.3, -0.25) is 0 Å². The van der Waals surface area contributed by atoms with Crippen molar-refractivity contribution in [1.29, 1.82) is 0 Å². The summed E-state index contributed by atoms with van der Waals surface area (Å²) in [5.74, 6) is 3.21. The summed E-state index contributed by atoms with van der Waals surface area (Å²) in [5, 5.41) is 0. The highest BCUT2D eigenvalue weighted by atomic mass is 16.5. The van der Waals surface area contributed by atoms with Gasteiger partial charge in [0, 0.05) is 0 Å². The standard InChI is InChI=1S/C16H17O/c1-13(2)12-14-8-6-7-11-16(14)17-15-9-4-3-5-10-15/h3-11H,12H2,1-2H3. The normalized spacial score (nSPS) is 10.5. The summed E-state index contributed by atoms with van der Waals surface area (Å²) >= 11 is 0. The minimum atomic E-state index is 0.883. The molecule has 0 atom stereocenters. The molecule has 0 aromatic heterocycles. The average Bonchev–Trinajstić information content (AvgIpc) is 2.32. The van der Waals surface area contributed by atoms with Crippen LogP contribution < -0.4 is 4.74 Å². The van der Waals surface area contributed by atoms with Gasteiger partial charge < -0.3 is 4.74 Å². The van der Waals surface area contributed by atoms with Crippen molar-refractivity contribution in [1.82, 2.24) is 0 Å². The molecule has 0 amide bonds. The van der Waals surface area contributed by atoms with Gasteiger partial charge in [-0.2, -0.15) is 0 Å². The summed E-state index contributed by atoms with van der Waals surface area (Å²) in [6, 6.07) is 18.1. The SMILES string of the molecule is C[C](C)Cc1ccccc1Oc1ccccc1. The van der Waals surface area contributed by atoms with Gasteiger partial charge in [-0.05, 0) is 36.1 Å². The van der Waals surface area contributed by atoms with Gasteiger partial charge in [0.1, 0.15) is 11.5 Å². The fraction of sp³-hybridized carbons (Fsp3) is 0.188. The van der Waals surface area contributed by atoms with E-state index in [2.05, 4.69) is 26.0 Å². The Labute approximate surface area is 103 Å². The zero-order valence-electron chi connectivity index (χ0n) is 10.3. The van der Waals surface area contributed by atoms with Crippen molar-refractivity contribution in [2.45, 2.75) is 20.3 Å². The van der Waals surface area contributed by atoms with Crippen LogP contribution in [0.5, 0.6) is 11.5 Å². The third-order valence-corrected chi connectivity index (χ3v) is 2.49. The van der Waals surface area contributed by atoms with E-state index in [1.54, 1.807) is 0 Å². The van der Waals surface area contributed by atoms with Gasteiger partial charge in [0.25, 0.3) is 0 Å². The lowest BCUT2D eigenvalue weighted by atomic mass is 10.0. The molecule has 87 valence electrons. The van der Waals surface area contributed by atoms with Crippen LogP contribution in [0.15, 0.2) is 54.6 Å². The highest BCUT2D eigenvalue weighted by molar-refractivity contribution is 5.38. The molecule has 0 aliphatic heterocycles. The third-order valence-electron chi connectivity index (χ3n) is 2.49. The monoisotopic (exact) mass is 225 g/mol. The van der Waals surface area contributed by atoms with E-state index in [1.807, 2.05) is 42.5 Å². The van der Waals surface area contributed by atoms with Gasteiger partial charge in [0.05, 0.1) is 0 Å². The van der Waals surface area contributed by atoms with Crippen molar-refractivity contribution < 1.29 is 4.74 Å². The minimum absolute atomic E-state index is 0.883. The van der Waals surface area contributed by atoms with Crippen molar-refractivity contribution >= 4 is 0 Å². The number of benzene rings is 2. The van der Waals surface area contributed by atoms with E-state index in [1.165, 1.54) is 11.5 Å². The van der Waals surface area contributed by atoms with Crippen LogP contribution in [0.4, 0.5) is 0 Å². The van der Waals surface area contributed by atoms with Crippen molar-refractivity contribution in [3.63, 3.8) is 0 Å². The molecule has 0 saturated heterocycles. The third kappa shape index (κ3) is 3.35. The second-order valence-corrected chi connectivity index (χ2v) is 4.41. The molecular weight excluding hydrogens is 208 g/mol. The van der Waals surface area contributed by atoms with E-state index in [0.717, 1.165) is 17.9 Å². The second-order valence-electron chi connectivity index (χ2n) is 4.41. The smallest absolute Gasteiger partial charge is 0.130 e. The highest BCUT2D eigenvalue weighted by Gasteiger charge is 2.06. The first-order chi connectivity index (χ1) is 8.25. The first kappa shape index (κ1) is 11.7. The molecule has 0 bridgehead atoms. The molecule has 0 aliphatic carbocycles. The molecule has 1 radical (unpaired) electrons. The molecule has 2 rings (SSSR count). The van der Waals surface area contributed by atoms with E-state index in [-0.39, 0.29) is 0 Å². The lowest BCUT2D eigenvalue weighted by Crippen LogP contribution is -1.95. The lowest BCUT2D eigenvalue weighted by Gasteiger charge is -2.12. The summed E-state index contributed by atoms with van der Waals surface area (Å²) < 4.78 is 5.90. The maximum Gasteiger partial charge on any atom is 0.130 e. The first-order valence-electron chi connectivity index (χ1n) is 5.85. The Morgan fingerprint density at radius 3 is 2.24 bits per heavy atom. The number of para-hydroxylation sites is 2. The Hall–Kier alpha value is -1.76. The van der Waals surface area contributed by atoms with Crippen LogP contribution >= 0.6 is 0 Å². The zero-order valence-corrected chi connectivity index (χ0v) is 10.3. The Balaban J connectivity index is 2.20. The number of rotatable bonds is 4. The molecule has 0 aliphatic rings. The predicted molar refractivity (Wildman–Crippen MR) is 71.3 cm³/mol. The van der Waals surface area contributed by atoms with E-state index in [0.29, 0.717) is 0 Å². The summed E-state index contributed by atoms with van der Waals surface area (Å²) in [4.78, 5) is 0. The maximum absolute atomic E-state index is 5.90. The van der Waals surface area contributed by atoms with Gasteiger partial charge >= 0.3 is 0 Å². The molecule has 1 nitrogen and oxygen atoms in total. The molecule has 0 unspecified atom stereocenters. The van der Waals surface area contributed by atoms with E-state index in [9.17, 15) is 0 Å². The Morgan fingerprint density at radius 1 is 0.882 bits per heavy atom. The highest BCUT2D eigenvalue weighted by Crippen LogP contribution is 2.27. The van der Waals surface area contributed by atoms with E-state index in [4.69, 9.17) is 4.74 Å². The van der Waals surface area contributed by atoms with Crippen LogP contribution in [0, 0.1) is 5.92 Å². The fourth-order valence-electron chi connectivity index (χ4n) is 1.75. The molecule has 0 heterocycles. The van der Waals surface area contributed by atoms with Gasteiger partial charge in [-0.1, -0.05) is 50.2 Å². The topological polar surface area (TPSA) is 9.23 Å². The molecule has 17 heavy (non-hydrogen) atoms. The van der Waals surface area contributed by atoms with Crippen LogP contribution in [0.2, 0.25) is 0 Å².